The van der Waals surface area contributed by atoms with Gasteiger partial charge in [0.2, 0.25) is 5.91 Å². The first-order valence-electron chi connectivity index (χ1n) is 8.40. The maximum atomic E-state index is 12.5. The van der Waals surface area contributed by atoms with Crippen LogP contribution in [0.1, 0.15) is 27.8 Å². The maximum Gasteiger partial charge on any atom is 0.254 e. The highest BCUT2D eigenvalue weighted by atomic mass is 32.1. The van der Waals surface area contributed by atoms with Crippen molar-refractivity contribution in [1.29, 1.82) is 0 Å². The summed E-state index contributed by atoms with van der Waals surface area (Å²) in [4.78, 5) is 40.2. The van der Waals surface area contributed by atoms with Crippen molar-refractivity contribution in [2.24, 2.45) is 0 Å². The normalized spacial score (nSPS) is 15.6. The Balaban J connectivity index is 1.56. The number of aromatic amines is 1. The number of carbonyl (C=O) groups is 1. The molecule has 0 aliphatic carbocycles. The van der Waals surface area contributed by atoms with Gasteiger partial charge in [0.25, 0.3) is 5.56 Å². The summed E-state index contributed by atoms with van der Waals surface area (Å²) in [6.07, 6.45) is 0.111. The fourth-order valence-electron chi connectivity index (χ4n) is 3.09. The summed E-state index contributed by atoms with van der Waals surface area (Å²) in [5, 5.41) is 3.17. The summed E-state index contributed by atoms with van der Waals surface area (Å²) in [6.45, 7) is 9.35. The lowest BCUT2D eigenvalue weighted by Crippen LogP contribution is -2.49. The number of aryl methyl sites for hydroxylation is 3. The molecule has 25 heavy (non-hydrogen) atoms. The van der Waals surface area contributed by atoms with E-state index < -0.39 is 0 Å². The molecule has 0 radical (unpaired) electrons. The van der Waals surface area contributed by atoms with Crippen molar-refractivity contribution in [2.45, 2.75) is 33.7 Å². The van der Waals surface area contributed by atoms with Gasteiger partial charge in [0, 0.05) is 49.4 Å². The van der Waals surface area contributed by atoms with Crippen molar-refractivity contribution < 1.29 is 4.79 Å². The maximum absolute atomic E-state index is 12.5. The number of hydrogen-bond donors (Lipinski definition) is 1. The van der Waals surface area contributed by atoms with Gasteiger partial charge in [0.1, 0.15) is 5.82 Å². The van der Waals surface area contributed by atoms with Gasteiger partial charge in [0.15, 0.2) is 0 Å². The molecular formula is C17H23N5O2S. The molecule has 2 aromatic rings. The first kappa shape index (κ1) is 17.8. The predicted octanol–water partition coefficient (Wildman–Crippen LogP) is 1.04. The van der Waals surface area contributed by atoms with E-state index in [-0.39, 0.29) is 17.9 Å². The number of aromatic nitrogens is 3. The van der Waals surface area contributed by atoms with Gasteiger partial charge in [-0.05, 0) is 20.8 Å². The smallest absolute Gasteiger partial charge is 0.254 e. The topological polar surface area (TPSA) is 82.2 Å². The average molecular weight is 361 g/mol. The second-order valence-corrected chi connectivity index (χ2v) is 7.47. The number of amides is 1. The number of rotatable bonds is 4. The molecule has 0 atom stereocenters. The Morgan fingerprint density at radius 3 is 2.52 bits per heavy atom. The molecule has 0 saturated carbocycles. The van der Waals surface area contributed by atoms with Crippen LogP contribution in [0.5, 0.6) is 0 Å². The van der Waals surface area contributed by atoms with Crippen molar-refractivity contribution in [2.75, 3.05) is 26.2 Å². The van der Waals surface area contributed by atoms with Crippen molar-refractivity contribution in [3.05, 3.63) is 43.5 Å². The highest BCUT2D eigenvalue weighted by Gasteiger charge is 2.23. The minimum absolute atomic E-state index is 0.0107. The van der Waals surface area contributed by atoms with Crippen LogP contribution in [0.25, 0.3) is 0 Å². The Labute approximate surface area is 150 Å². The number of nitrogens with one attached hydrogen (secondary N) is 1. The minimum Gasteiger partial charge on any atom is -0.340 e. The fraction of sp³-hybridized carbons (Fsp3) is 0.529. The van der Waals surface area contributed by atoms with Crippen molar-refractivity contribution >= 4 is 17.2 Å². The Kier molecular flexibility index (Phi) is 5.29. The van der Waals surface area contributed by atoms with Crippen LogP contribution in [-0.4, -0.2) is 56.8 Å². The van der Waals surface area contributed by atoms with Gasteiger partial charge in [-0.2, -0.15) is 0 Å². The Bertz CT molecular complexity index is 821. The molecule has 1 saturated heterocycles. The molecule has 3 heterocycles. The zero-order chi connectivity index (χ0) is 18.0. The standard InChI is InChI=1S/C17H23N5O2S/c1-11-15(17(24)19-12(2)18-11)8-16(23)22-6-4-21(5-7-22)9-14-10-25-13(3)20-14/h10H,4-9H2,1-3H3,(H,18,19,24). The zero-order valence-electron chi connectivity index (χ0n) is 14.8. The SMILES string of the molecule is Cc1nc(C)c(CC(=O)N2CCN(Cc3csc(C)n3)CC2)c(=O)[nH]1. The number of piperazine rings is 1. The van der Waals surface area contributed by atoms with Gasteiger partial charge in [-0.15, -0.1) is 11.3 Å². The van der Waals surface area contributed by atoms with Gasteiger partial charge >= 0.3 is 0 Å². The molecule has 0 bridgehead atoms. The van der Waals surface area contributed by atoms with Crippen LogP contribution < -0.4 is 5.56 Å². The number of hydrogen-bond acceptors (Lipinski definition) is 6. The van der Waals surface area contributed by atoms with Crippen molar-refractivity contribution in [1.82, 2.24) is 24.8 Å². The Morgan fingerprint density at radius 2 is 1.92 bits per heavy atom. The van der Waals surface area contributed by atoms with Crippen LogP contribution in [0.3, 0.4) is 0 Å². The molecule has 1 amide bonds. The first-order chi connectivity index (χ1) is 11.9. The molecule has 134 valence electrons. The van der Waals surface area contributed by atoms with Gasteiger partial charge in [-0.25, -0.2) is 9.97 Å². The quantitative estimate of drug-likeness (QED) is 0.880. The monoisotopic (exact) mass is 361 g/mol. The molecule has 0 aromatic carbocycles. The minimum atomic E-state index is -0.212. The van der Waals surface area contributed by atoms with E-state index in [2.05, 4.69) is 25.2 Å². The van der Waals surface area contributed by atoms with Crippen LogP contribution in [-0.2, 0) is 17.8 Å². The van der Waals surface area contributed by atoms with E-state index in [1.54, 1.807) is 25.2 Å². The average Bonchev–Trinajstić information content (AvgIpc) is 2.96. The van der Waals surface area contributed by atoms with E-state index in [1.807, 2.05) is 11.8 Å². The van der Waals surface area contributed by atoms with E-state index in [0.29, 0.717) is 30.2 Å². The molecule has 0 unspecified atom stereocenters. The van der Waals surface area contributed by atoms with E-state index in [0.717, 1.165) is 30.3 Å². The molecule has 1 aliphatic heterocycles. The number of H-pyrrole nitrogens is 1. The van der Waals surface area contributed by atoms with E-state index in [9.17, 15) is 9.59 Å². The second-order valence-electron chi connectivity index (χ2n) is 6.41. The van der Waals surface area contributed by atoms with Crippen LogP contribution in [0.15, 0.2) is 10.2 Å². The van der Waals surface area contributed by atoms with E-state index in [1.165, 1.54) is 0 Å². The molecule has 7 nitrogen and oxygen atoms in total. The second kappa shape index (κ2) is 7.45. The lowest BCUT2D eigenvalue weighted by atomic mass is 10.1. The summed E-state index contributed by atoms with van der Waals surface area (Å²) in [5.41, 5.74) is 1.98. The third kappa shape index (κ3) is 4.32. The molecule has 1 N–H and O–H groups in total. The molecule has 2 aromatic heterocycles. The molecule has 0 spiro atoms. The summed E-state index contributed by atoms with van der Waals surface area (Å²) in [7, 11) is 0. The summed E-state index contributed by atoms with van der Waals surface area (Å²) in [5.74, 6) is 0.563. The Morgan fingerprint density at radius 1 is 1.20 bits per heavy atom. The largest absolute Gasteiger partial charge is 0.340 e. The van der Waals surface area contributed by atoms with Crippen LogP contribution in [0, 0.1) is 20.8 Å². The van der Waals surface area contributed by atoms with Gasteiger partial charge in [-0.3, -0.25) is 14.5 Å². The fourth-order valence-corrected chi connectivity index (χ4v) is 3.69. The van der Waals surface area contributed by atoms with Crippen molar-refractivity contribution in [3.8, 4) is 0 Å². The number of thiazole rings is 1. The van der Waals surface area contributed by atoms with Gasteiger partial charge in [0.05, 0.1) is 17.1 Å². The third-order valence-corrected chi connectivity index (χ3v) is 5.27. The number of nitrogens with zero attached hydrogens (tertiary/aromatic N) is 4. The molecule has 1 fully saturated rings. The summed E-state index contributed by atoms with van der Waals surface area (Å²) < 4.78 is 0. The van der Waals surface area contributed by atoms with Gasteiger partial charge in [-0.1, -0.05) is 0 Å². The van der Waals surface area contributed by atoms with Crippen molar-refractivity contribution in [3.63, 3.8) is 0 Å². The predicted molar refractivity (Wildman–Crippen MR) is 96.7 cm³/mol. The molecule has 1 aliphatic rings. The van der Waals surface area contributed by atoms with Crippen LogP contribution in [0.2, 0.25) is 0 Å². The van der Waals surface area contributed by atoms with Crippen LogP contribution in [0.4, 0.5) is 0 Å². The van der Waals surface area contributed by atoms with E-state index in [4.69, 9.17) is 0 Å². The number of carbonyl (C=O) groups excluding carboxylic acids is 1. The van der Waals surface area contributed by atoms with E-state index >= 15 is 0 Å². The summed E-state index contributed by atoms with van der Waals surface area (Å²) in [6, 6.07) is 0. The lowest BCUT2D eigenvalue weighted by molar-refractivity contribution is -0.132. The third-order valence-electron chi connectivity index (χ3n) is 4.45. The zero-order valence-corrected chi connectivity index (χ0v) is 15.7. The summed E-state index contributed by atoms with van der Waals surface area (Å²) >= 11 is 1.66. The lowest BCUT2D eigenvalue weighted by Gasteiger charge is -2.34. The van der Waals surface area contributed by atoms with Gasteiger partial charge < -0.3 is 9.88 Å². The molecule has 8 heteroatoms. The molecule has 3 rings (SSSR count). The first-order valence-corrected chi connectivity index (χ1v) is 9.28. The Hall–Kier alpha value is -2.06. The van der Waals surface area contributed by atoms with Crippen LogP contribution >= 0.6 is 11.3 Å². The molecular weight excluding hydrogens is 338 g/mol. The highest BCUT2D eigenvalue weighted by Crippen LogP contribution is 2.13. The highest BCUT2D eigenvalue weighted by molar-refractivity contribution is 7.09.